The monoisotopic (exact) mass is 148 g/mol. The van der Waals surface area contributed by atoms with Crippen LogP contribution in [0, 0.1) is 0 Å². The normalized spacial score (nSPS) is 45.9. The van der Waals surface area contributed by atoms with Gasteiger partial charge >= 0.3 is 0 Å². The predicted octanol–water partition coefficient (Wildman–Crippen LogP) is -1.16. The number of rotatable bonds is 0. The molecular weight excluding hydrogens is 136 g/mol. The average Bonchev–Trinajstić information content (AvgIpc) is 1.95. The second-order valence-corrected chi connectivity index (χ2v) is 3.05. The third-order valence-corrected chi connectivity index (χ3v) is 1.75. The van der Waals surface area contributed by atoms with Crippen LogP contribution in [0.1, 0.15) is 13.8 Å². The topological polar surface area (TPSA) is 69.9 Å². The molecule has 60 valence electrons. The molecule has 0 saturated carbocycles. The van der Waals surface area contributed by atoms with Gasteiger partial charge in [0.1, 0.15) is 12.2 Å². The predicted molar refractivity (Wildman–Crippen MR) is 33.2 cm³/mol. The zero-order chi connectivity index (χ0) is 7.94. The molecule has 4 heteroatoms. The van der Waals surface area contributed by atoms with Gasteiger partial charge in [0.2, 0.25) is 0 Å². The lowest BCUT2D eigenvalue weighted by atomic mass is 10.0. The molecule has 4 nitrogen and oxygen atoms in total. The van der Waals surface area contributed by atoms with Crippen LogP contribution >= 0.6 is 0 Å². The molecule has 1 heterocycles. The first kappa shape index (κ1) is 7.94. The van der Waals surface area contributed by atoms with Crippen molar-refractivity contribution in [3.8, 4) is 0 Å². The van der Waals surface area contributed by atoms with E-state index in [1.54, 1.807) is 13.8 Å². The zero-order valence-corrected chi connectivity index (χ0v) is 5.98. The molecule has 0 radical (unpaired) electrons. The van der Waals surface area contributed by atoms with Crippen molar-refractivity contribution in [2.45, 2.75) is 37.9 Å². The van der Waals surface area contributed by atoms with E-state index < -0.39 is 24.1 Å². The highest BCUT2D eigenvalue weighted by molar-refractivity contribution is 4.92. The zero-order valence-electron chi connectivity index (χ0n) is 5.98. The summed E-state index contributed by atoms with van der Waals surface area (Å²) in [7, 11) is 0. The highest BCUT2D eigenvalue weighted by Crippen LogP contribution is 2.28. The van der Waals surface area contributed by atoms with Gasteiger partial charge in [-0.2, -0.15) is 0 Å². The van der Waals surface area contributed by atoms with Gasteiger partial charge in [0.25, 0.3) is 0 Å². The van der Waals surface area contributed by atoms with E-state index in [4.69, 9.17) is 20.1 Å². The van der Waals surface area contributed by atoms with Gasteiger partial charge in [-0.1, -0.05) is 0 Å². The Hall–Kier alpha value is -0.160. The maximum atomic E-state index is 9.16. The van der Waals surface area contributed by atoms with Gasteiger partial charge < -0.3 is 20.1 Å². The van der Waals surface area contributed by atoms with Crippen molar-refractivity contribution in [2.75, 3.05) is 0 Å². The summed E-state index contributed by atoms with van der Waals surface area (Å²) in [4.78, 5) is 0. The number of aliphatic hydroxyl groups is 3. The van der Waals surface area contributed by atoms with E-state index in [9.17, 15) is 0 Å². The molecule has 3 unspecified atom stereocenters. The van der Waals surface area contributed by atoms with Crippen LogP contribution < -0.4 is 0 Å². The van der Waals surface area contributed by atoms with Crippen LogP contribution in [0.4, 0.5) is 0 Å². The first-order valence-corrected chi connectivity index (χ1v) is 3.17. The summed E-state index contributed by atoms with van der Waals surface area (Å²) < 4.78 is 4.83. The molecule has 0 bridgehead atoms. The Kier molecular flexibility index (Phi) is 1.72. The SMILES string of the molecule is CC1(C)OC(O)C(O)C1O. The summed E-state index contributed by atoms with van der Waals surface area (Å²) in [6, 6.07) is 0. The Morgan fingerprint density at radius 2 is 1.70 bits per heavy atom. The summed E-state index contributed by atoms with van der Waals surface area (Å²) >= 11 is 0. The summed E-state index contributed by atoms with van der Waals surface area (Å²) in [5.41, 5.74) is -0.848. The van der Waals surface area contributed by atoms with Crippen molar-refractivity contribution in [1.29, 1.82) is 0 Å². The van der Waals surface area contributed by atoms with E-state index in [1.807, 2.05) is 0 Å². The lowest BCUT2D eigenvalue weighted by Crippen LogP contribution is -2.37. The van der Waals surface area contributed by atoms with E-state index in [1.165, 1.54) is 0 Å². The van der Waals surface area contributed by atoms with Crippen LogP contribution in [-0.2, 0) is 4.74 Å². The molecule has 0 aliphatic carbocycles. The van der Waals surface area contributed by atoms with Gasteiger partial charge in [-0.3, -0.25) is 0 Å². The molecule has 1 saturated heterocycles. The van der Waals surface area contributed by atoms with Gasteiger partial charge in [0.05, 0.1) is 5.60 Å². The fraction of sp³-hybridized carbons (Fsp3) is 1.00. The summed E-state index contributed by atoms with van der Waals surface area (Å²) in [6.45, 7) is 3.22. The van der Waals surface area contributed by atoms with Crippen LogP contribution in [-0.4, -0.2) is 39.4 Å². The third-order valence-electron chi connectivity index (χ3n) is 1.75. The largest absolute Gasteiger partial charge is 0.387 e. The van der Waals surface area contributed by atoms with Gasteiger partial charge in [-0.25, -0.2) is 0 Å². The van der Waals surface area contributed by atoms with Gasteiger partial charge in [-0.15, -0.1) is 0 Å². The standard InChI is InChI=1S/C6H12O4/c1-6(2)4(8)3(7)5(9)10-6/h3-5,7-9H,1-2H3. The molecule has 3 N–H and O–H groups in total. The molecule has 10 heavy (non-hydrogen) atoms. The average molecular weight is 148 g/mol. The van der Waals surface area contributed by atoms with E-state index in [0.29, 0.717) is 0 Å². The Morgan fingerprint density at radius 1 is 1.20 bits per heavy atom. The van der Waals surface area contributed by atoms with Crippen molar-refractivity contribution >= 4 is 0 Å². The maximum Gasteiger partial charge on any atom is 0.184 e. The van der Waals surface area contributed by atoms with Crippen LogP contribution in [0.2, 0.25) is 0 Å². The molecule has 0 spiro atoms. The van der Waals surface area contributed by atoms with E-state index >= 15 is 0 Å². The molecular formula is C6H12O4. The van der Waals surface area contributed by atoms with Crippen LogP contribution in [0.5, 0.6) is 0 Å². The van der Waals surface area contributed by atoms with Crippen molar-refractivity contribution in [1.82, 2.24) is 0 Å². The third kappa shape index (κ3) is 1.03. The summed E-state index contributed by atoms with van der Waals surface area (Å²) in [5.74, 6) is 0. The maximum absolute atomic E-state index is 9.16. The molecule has 1 aliphatic heterocycles. The van der Waals surface area contributed by atoms with Crippen molar-refractivity contribution < 1.29 is 20.1 Å². The highest BCUT2D eigenvalue weighted by atomic mass is 16.7. The Bertz CT molecular complexity index is 134. The molecule has 1 rings (SSSR count). The van der Waals surface area contributed by atoms with Crippen LogP contribution in [0.3, 0.4) is 0 Å². The fourth-order valence-corrected chi connectivity index (χ4v) is 1.02. The van der Waals surface area contributed by atoms with E-state index in [-0.39, 0.29) is 0 Å². The van der Waals surface area contributed by atoms with Gasteiger partial charge in [0.15, 0.2) is 6.29 Å². The second-order valence-electron chi connectivity index (χ2n) is 3.05. The molecule has 1 fully saturated rings. The van der Waals surface area contributed by atoms with E-state index in [2.05, 4.69) is 0 Å². The molecule has 0 aromatic carbocycles. The lowest BCUT2D eigenvalue weighted by Gasteiger charge is -2.20. The van der Waals surface area contributed by atoms with Crippen LogP contribution in [0.15, 0.2) is 0 Å². The smallest absolute Gasteiger partial charge is 0.184 e. The second kappa shape index (κ2) is 2.17. The fourth-order valence-electron chi connectivity index (χ4n) is 1.02. The molecule has 1 aliphatic rings. The highest BCUT2D eigenvalue weighted by Gasteiger charge is 2.47. The quantitative estimate of drug-likeness (QED) is 0.405. The Labute approximate surface area is 59.1 Å². The minimum atomic E-state index is -1.26. The minimum Gasteiger partial charge on any atom is -0.387 e. The summed E-state index contributed by atoms with van der Waals surface area (Å²) in [6.07, 6.45) is -3.46. The first-order chi connectivity index (χ1) is 4.45. The number of hydrogen-bond acceptors (Lipinski definition) is 4. The minimum absolute atomic E-state index is 0.848. The molecule has 0 aromatic heterocycles. The molecule has 0 amide bonds. The number of hydrogen-bond donors (Lipinski definition) is 3. The van der Waals surface area contributed by atoms with Gasteiger partial charge in [0, 0.05) is 0 Å². The molecule has 0 aromatic rings. The molecule has 3 atom stereocenters. The Morgan fingerprint density at radius 3 is 1.80 bits per heavy atom. The Balaban J connectivity index is 2.71. The van der Waals surface area contributed by atoms with E-state index in [0.717, 1.165) is 0 Å². The van der Waals surface area contributed by atoms with Crippen molar-refractivity contribution in [2.24, 2.45) is 0 Å². The van der Waals surface area contributed by atoms with Crippen molar-refractivity contribution in [3.05, 3.63) is 0 Å². The number of aliphatic hydroxyl groups excluding tert-OH is 3. The van der Waals surface area contributed by atoms with Crippen LogP contribution in [0.25, 0.3) is 0 Å². The number of ether oxygens (including phenoxy) is 1. The first-order valence-electron chi connectivity index (χ1n) is 3.17. The lowest BCUT2D eigenvalue weighted by molar-refractivity contribution is -0.149. The van der Waals surface area contributed by atoms with Gasteiger partial charge in [-0.05, 0) is 13.8 Å². The van der Waals surface area contributed by atoms with Crippen molar-refractivity contribution in [3.63, 3.8) is 0 Å². The summed E-state index contributed by atoms with van der Waals surface area (Å²) in [5, 5.41) is 27.0.